The second kappa shape index (κ2) is 8.61. The molecule has 0 aliphatic carbocycles. The maximum absolute atomic E-state index is 11.8. The van der Waals surface area contributed by atoms with Crippen LogP contribution in [0.2, 0.25) is 0 Å². The second-order valence-electron chi connectivity index (χ2n) is 4.98. The summed E-state index contributed by atoms with van der Waals surface area (Å²) in [5, 5.41) is 5.07. The average Bonchev–Trinajstić information content (AvgIpc) is 3.13. The Bertz CT molecular complexity index is 761. The van der Waals surface area contributed by atoms with E-state index in [1.807, 2.05) is 41.2 Å². The summed E-state index contributed by atoms with van der Waals surface area (Å²) in [6.45, 7) is 0. The van der Waals surface area contributed by atoms with Crippen LogP contribution >= 0.6 is 47.7 Å². The molecule has 1 aromatic carbocycles. The number of amides is 1. The Morgan fingerprint density at radius 2 is 2.00 bits per heavy atom. The number of aromatic nitrogens is 1. The van der Waals surface area contributed by atoms with Crippen LogP contribution in [0.1, 0.15) is 29.5 Å². The minimum atomic E-state index is -0.383. The van der Waals surface area contributed by atoms with Gasteiger partial charge in [0, 0.05) is 17.6 Å². The molecule has 2 atom stereocenters. The summed E-state index contributed by atoms with van der Waals surface area (Å²) >= 11 is 3.02. The normalized spacial score (nSPS) is 12.9. The zero-order valence-corrected chi connectivity index (χ0v) is 15.3. The van der Waals surface area contributed by atoms with Crippen LogP contribution in [0.15, 0.2) is 41.2 Å². The lowest BCUT2D eigenvalue weighted by Crippen LogP contribution is -2.25. The largest absolute Gasteiger partial charge is 0.369 e. The Labute approximate surface area is 154 Å². The van der Waals surface area contributed by atoms with E-state index in [0.717, 1.165) is 21.2 Å². The van der Waals surface area contributed by atoms with Crippen LogP contribution < -0.4 is 11.5 Å². The number of nitrogens with two attached hydrogens (primary N) is 2. The molecule has 1 amide bonds. The van der Waals surface area contributed by atoms with Crippen molar-refractivity contribution in [2.24, 2.45) is 11.5 Å². The van der Waals surface area contributed by atoms with E-state index >= 15 is 0 Å². The second-order valence-corrected chi connectivity index (χ2v) is 6.59. The highest BCUT2D eigenvalue weighted by molar-refractivity contribution is 7.13. The number of fused-ring (bicyclic) bond motifs is 1. The summed E-state index contributed by atoms with van der Waals surface area (Å²) in [4.78, 5) is 11.8. The van der Waals surface area contributed by atoms with Gasteiger partial charge in [-0.2, -0.15) is 15.7 Å². The first-order chi connectivity index (χ1) is 10.1. The van der Waals surface area contributed by atoms with Crippen molar-refractivity contribution in [3.63, 3.8) is 0 Å². The molecule has 23 heavy (non-hydrogen) atoms. The Morgan fingerprint density at radius 3 is 2.65 bits per heavy atom. The third kappa shape index (κ3) is 4.43. The van der Waals surface area contributed by atoms with E-state index in [4.69, 9.17) is 11.5 Å². The topological polar surface area (TPSA) is 82.0 Å². The van der Waals surface area contributed by atoms with E-state index in [-0.39, 0.29) is 42.7 Å². The summed E-state index contributed by atoms with van der Waals surface area (Å²) in [6.07, 6.45) is 2.33. The van der Waals surface area contributed by atoms with Crippen LogP contribution in [0.3, 0.4) is 0 Å². The van der Waals surface area contributed by atoms with Crippen LogP contribution in [-0.4, -0.2) is 10.3 Å². The molecule has 0 aliphatic heterocycles. The zero-order valence-electron chi connectivity index (χ0n) is 12.0. The lowest BCUT2D eigenvalue weighted by Gasteiger charge is -2.18. The minimum Gasteiger partial charge on any atom is -0.369 e. The van der Waals surface area contributed by atoms with Gasteiger partial charge in [-0.25, -0.2) is 0 Å². The number of carbonyl (C=O) groups excluding carboxylic acids is 1. The number of halogens is 2. The first kappa shape index (κ1) is 19.9. The number of rotatable bonds is 5. The van der Waals surface area contributed by atoms with Crippen molar-refractivity contribution in [3.8, 4) is 0 Å². The highest BCUT2D eigenvalue weighted by Gasteiger charge is 2.22. The molecule has 0 saturated carbocycles. The number of thiophene rings is 1. The first-order valence-electron chi connectivity index (χ1n) is 6.56. The van der Waals surface area contributed by atoms with Crippen molar-refractivity contribution in [2.75, 3.05) is 0 Å². The van der Waals surface area contributed by atoms with Gasteiger partial charge in [0.1, 0.15) is 0 Å². The Morgan fingerprint density at radius 1 is 1.22 bits per heavy atom. The number of hydrogen-bond donors (Lipinski definition) is 2. The summed E-state index contributed by atoms with van der Waals surface area (Å²) in [5.41, 5.74) is 13.7. The molecule has 0 bridgehead atoms. The van der Waals surface area contributed by atoms with E-state index in [2.05, 4.69) is 4.37 Å². The number of carbonyl (C=O) groups is 1. The van der Waals surface area contributed by atoms with Gasteiger partial charge in [-0.3, -0.25) is 4.79 Å². The van der Waals surface area contributed by atoms with Gasteiger partial charge < -0.3 is 11.5 Å². The van der Waals surface area contributed by atoms with Crippen molar-refractivity contribution in [1.82, 2.24) is 4.37 Å². The molecule has 0 radical (unpaired) electrons. The summed E-state index contributed by atoms with van der Waals surface area (Å²) in [6, 6.07) is 7.70. The monoisotopic (exact) mass is 389 g/mol. The highest BCUT2D eigenvalue weighted by atomic mass is 35.5. The Balaban J connectivity index is 0.00000132. The summed E-state index contributed by atoms with van der Waals surface area (Å²) in [7, 11) is 0. The van der Waals surface area contributed by atoms with Gasteiger partial charge in [-0.05, 0) is 52.0 Å². The van der Waals surface area contributed by atoms with Crippen molar-refractivity contribution < 1.29 is 4.79 Å². The van der Waals surface area contributed by atoms with Crippen LogP contribution in [-0.2, 0) is 4.79 Å². The predicted octanol–water partition coefficient (Wildman–Crippen LogP) is 3.86. The molecule has 2 aromatic heterocycles. The quantitative estimate of drug-likeness (QED) is 0.694. The maximum atomic E-state index is 11.8. The molecule has 0 aliphatic rings. The van der Waals surface area contributed by atoms with Crippen LogP contribution in [0, 0.1) is 0 Å². The molecule has 2 unspecified atom stereocenters. The smallest absolute Gasteiger partial charge is 0.225 e. The zero-order chi connectivity index (χ0) is 14.8. The molecule has 0 fully saturated rings. The molecule has 4 nitrogen and oxygen atoms in total. The van der Waals surface area contributed by atoms with Crippen LogP contribution in [0.25, 0.3) is 10.1 Å². The lowest BCUT2D eigenvalue weighted by atomic mass is 9.89. The van der Waals surface area contributed by atoms with Gasteiger partial charge in [-0.15, -0.1) is 24.8 Å². The first-order valence-corrected chi connectivity index (χ1v) is 8.28. The highest BCUT2D eigenvalue weighted by Crippen LogP contribution is 2.30. The van der Waals surface area contributed by atoms with Crippen LogP contribution in [0.5, 0.6) is 0 Å². The van der Waals surface area contributed by atoms with Gasteiger partial charge in [0.05, 0.1) is 10.6 Å². The van der Waals surface area contributed by atoms with Crippen molar-refractivity contribution in [3.05, 3.63) is 52.3 Å². The van der Waals surface area contributed by atoms with Gasteiger partial charge in [0.2, 0.25) is 5.91 Å². The standard InChI is InChI=1S/C15H15N3OS2.2ClH/c16-13(11-3-4-20-8-11)6-12(15(17)19)9-1-2-10-7-18-21-14(10)5-9;;/h1-5,7-8,12-13H,6,16H2,(H2,17,19);2*1H. The van der Waals surface area contributed by atoms with Gasteiger partial charge in [0.15, 0.2) is 0 Å². The summed E-state index contributed by atoms with van der Waals surface area (Å²) in [5.74, 6) is -0.726. The number of benzene rings is 1. The molecular weight excluding hydrogens is 373 g/mol. The third-order valence-electron chi connectivity index (χ3n) is 3.59. The SMILES string of the molecule is Cl.Cl.NC(=O)C(CC(N)c1ccsc1)c1ccc2cnsc2c1. The third-order valence-corrected chi connectivity index (χ3v) is 5.05. The molecule has 3 aromatic rings. The number of nitrogens with zero attached hydrogens (tertiary/aromatic N) is 1. The fraction of sp³-hybridized carbons (Fsp3) is 0.200. The molecule has 4 N–H and O–H groups in total. The van der Waals surface area contributed by atoms with E-state index in [1.165, 1.54) is 11.5 Å². The fourth-order valence-corrected chi connectivity index (χ4v) is 3.81. The minimum absolute atomic E-state index is 0. The van der Waals surface area contributed by atoms with Gasteiger partial charge in [-0.1, -0.05) is 12.1 Å². The lowest BCUT2D eigenvalue weighted by molar-refractivity contribution is -0.119. The number of primary amides is 1. The Kier molecular flexibility index (Phi) is 7.44. The van der Waals surface area contributed by atoms with Gasteiger partial charge >= 0.3 is 0 Å². The average molecular weight is 390 g/mol. The molecule has 0 spiro atoms. The van der Waals surface area contributed by atoms with E-state index in [9.17, 15) is 4.79 Å². The molecule has 8 heteroatoms. The van der Waals surface area contributed by atoms with Crippen LogP contribution in [0.4, 0.5) is 0 Å². The molecular formula is C15H17Cl2N3OS2. The molecule has 3 rings (SSSR count). The van der Waals surface area contributed by atoms with E-state index < -0.39 is 0 Å². The predicted molar refractivity (Wildman–Crippen MR) is 102 cm³/mol. The Hall–Kier alpha value is -1.18. The van der Waals surface area contributed by atoms with Crippen molar-refractivity contribution >= 4 is 63.7 Å². The summed E-state index contributed by atoms with van der Waals surface area (Å²) < 4.78 is 5.21. The molecule has 2 heterocycles. The maximum Gasteiger partial charge on any atom is 0.225 e. The van der Waals surface area contributed by atoms with E-state index in [1.54, 1.807) is 11.3 Å². The van der Waals surface area contributed by atoms with E-state index in [0.29, 0.717) is 6.42 Å². The van der Waals surface area contributed by atoms with Crippen molar-refractivity contribution in [2.45, 2.75) is 18.4 Å². The van der Waals surface area contributed by atoms with Gasteiger partial charge in [0.25, 0.3) is 0 Å². The molecule has 124 valence electrons. The van der Waals surface area contributed by atoms with Crippen molar-refractivity contribution in [1.29, 1.82) is 0 Å². The fourth-order valence-electron chi connectivity index (χ4n) is 2.39. The molecule has 0 saturated heterocycles. The number of hydrogen-bond acceptors (Lipinski definition) is 5.